The first kappa shape index (κ1) is 23.1. The van der Waals surface area contributed by atoms with Crippen LogP contribution >= 0.6 is 0 Å². The molecule has 0 saturated heterocycles. The van der Waals surface area contributed by atoms with Gasteiger partial charge in [0.25, 0.3) is 0 Å². The Kier molecular flexibility index (Phi) is 6.26. The van der Waals surface area contributed by atoms with Crippen LogP contribution in [0, 0.1) is 23.7 Å². The molecule has 180 valence electrons. The molecule has 0 heterocycles. The highest BCUT2D eigenvalue weighted by Crippen LogP contribution is 2.60. The van der Waals surface area contributed by atoms with Gasteiger partial charge in [0.1, 0.15) is 12.2 Å². The summed E-state index contributed by atoms with van der Waals surface area (Å²) in [6.45, 7) is 8.34. The van der Waals surface area contributed by atoms with E-state index < -0.39 is 0 Å². The Morgan fingerprint density at radius 3 is 1.85 bits per heavy atom. The molecule has 4 heteroatoms. The second kappa shape index (κ2) is 9.20. The second-order valence-corrected chi connectivity index (χ2v) is 11.1. The van der Waals surface area contributed by atoms with Crippen molar-refractivity contribution in [2.45, 2.75) is 77.4 Å². The van der Waals surface area contributed by atoms with E-state index >= 15 is 0 Å². The summed E-state index contributed by atoms with van der Waals surface area (Å²) in [6, 6.07) is 15.4. The normalized spacial score (nSPS) is 29.5. The highest BCUT2D eigenvalue weighted by Gasteiger charge is 2.59. The Labute approximate surface area is 203 Å². The SMILES string of the molecule is CC(C)c1ccccc1C(=O)OC1CC2C3CCC(C3)C2C1OC(=O)c1ccccc1C(C)C. The first-order chi connectivity index (χ1) is 16.3. The Morgan fingerprint density at radius 2 is 1.26 bits per heavy atom. The molecule has 0 aromatic heterocycles. The third kappa shape index (κ3) is 4.06. The number of carbonyl (C=O) groups excluding carboxylic acids is 2. The Morgan fingerprint density at radius 1 is 0.735 bits per heavy atom. The third-order valence-electron chi connectivity index (χ3n) is 8.52. The van der Waals surface area contributed by atoms with Gasteiger partial charge in [-0.15, -0.1) is 0 Å². The number of ether oxygens (including phenoxy) is 2. The highest BCUT2D eigenvalue weighted by atomic mass is 16.6. The Hall–Kier alpha value is -2.62. The third-order valence-corrected chi connectivity index (χ3v) is 8.52. The molecule has 3 aliphatic rings. The number of fused-ring (bicyclic) bond motifs is 5. The lowest BCUT2D eigenvalue weighted by Crippen LogP contribution is -2.37. The van der Waals surface area contributed by atoms with Crippen molar-refractivity contribution < 1.29 is 19.1 Å². The lowest BCUT2D eigenvalue weighted by atomic mass is 9.81. The minimum absolute atomic E-state index is 0.226. The maximum Gasteiger partial charge on any atom is 0.338 e. The van der Waals surface area contributed by atoms with Crippen LogP contribution in [0.3, 0.4) is 0 Å². The zero-order chi connectivity index (χ0) is 24.0. The number of rotatable bonds is 6. The van der Waals surface area contributed by atoms with E-state index in [9.17, 15) is 9.59 Å². The molecule has 2 aromatic rings. The van der Waals surface area contributed by atoms with Gasteiger partial charge in [0.05, 0.1) is 11.1 Å². The summed E-state index contributed by atoms with van der Waals surface area (Å²) in [5.41, 5.74) is 3.23. The minimum atomic E-state index is -0.388. The van der Waals surface area contributed by atoms with Crippen molar-refractivity contribution in [3.63, 3.8) is 0 Å². The van der Waals surface area contributed by atoms with Crippen LogP contribution in [0.5, 0.6) is 0 Å². The molecule has 2 bridgehead atoms. The van der Waals surface area contributed by atoms with Crippen molar-refractivity contribution in [1.82, 2.24) is 0 Å². The van der Waals surface area contributed by atoms with Gasteiger partial charge in [0.15, 0.2) is 0 Å². The van der Waals surface area contributed by atoms with Crippen molar-refractivity contribution in [2.24, 2.45) is 23.7 Å². The fourth-order valence-electron chi connectivity index (χ4n) is 7.00. The van der Waals surface area contributed by atoms with Crippen molar-refractivity contribution in [3.8, 4) is 0 Å². The summed E-state index contributed by atoms with van der Waals surface area (Å²) >= 11 is 0. The molecule has 4 nitrogen and oxygen atoms in total. The predicted octanol–water partition coefficient (Wildman–Crippen LogP) is 6.75. The first-order valence-electron chi connectivity index (χ1n) is 12.9. The van der Waals surface area contributed by atoms with Crippen molar-refractivity contribution in [3.05, 3.63) is 70.8 Å². The van der Waals surface area contributed by atoms with Gasteiger partial charge < -0.3 is 9.47 Å². The second-order valence-electron chi connectivity index (χ2n) is 11.1. The molecule has 0 N–H and O–H groups in total. The zero-order valence-corrected chi connectivity index (χ0v) is 20.7. The van der Waals surface area contributed by atoms with Gasteiger partial charge in [-0.3, -0.25) is 0 Å². The van der Waals surface area contributed by atoms with Crippen molar-refractivity contribution >= 4 is 11.9 Å². The van der Waals surface area contributed by atoms with E-state index in [-0.39, 0.29) is 36.0 Å². The number of hydrogen-bond acceptors (Lipinski definition) is 4. The predicted molar refractivity (Wildman–Crippen MR) is 132 cm³/mol. The molecule has 6 atom stereocenters. The molecule has 0 amide bonds. The van der Waals surface area contributed by atoms with Crippen LogP contribution < -0.4 is 0 Å². The summed E-state index contributed by atoms with van der Waals surface area (Å²) in [7, 11) is 0. The number of carbonyl (C=O) groups is 2. The monoisotopic (exact) mass is 460 g/mol. The fourth-order valence-corrected chi connectivity index (χ4v) is 7.00. The molecule has 3 fully saturated rings. The van der Waals surface area contributed by atoms with Gasteiger partial charge in [-0.1, -0.05) is 64.1 Å². The van der Waals surface area contributed by atoms with Gasteiger partial charge in [-0.25, -0.2) is 9.59 Å². The molecular formula is C30H36O4. The lowest BCUT2D eigenvalue weighted by Gasteiger charge is -2.30. The van der Waals surface area contributed by atoms with Crippen LogP contribution in [-0.4, -0.2) is 24.1 Å². The molecular weight excluding hydrogens is 424 g/mol. The first-order valence-corrected chi connectivity index (χ1v) is 12.9. The molecule has 5 rings (SSSR count). The number of benzene rings is 2. The molecule has 0 spiro atoms. The van der Waals surface area contributed by atoms with Crippen LogP contribution in [-0.2, 0) is 9.47 Å². The molecule has 0 aliphatic heterocycles. The maximum absolute atomic E-state index is 13.4. The zero-order valence-electron chi connectivity index (χ0n) is 20.7. The molecule has 0 radical (unpaired) electrons. The fraction of sp³-hybridized carbons (Fsp3) is 0.533. The van der Waals surface area contributed by atoms with E-state index in [1.807, 2.05) is 48.5 Å². The van der Waals surface area contributed by atoms with E-state index in [0.717, 1.165) is 17.5 Å². The Bertz CT molecular complexity index is 1070. The van der Waals surface area contributed by atoms with Gasteiger partial charge in [0.2, 0.25) is 0 Å². The quantitative estimate of drug-likeness (QED) is 0.447. The van der Waals surface area contributed by atoms with E-state index in [0.29, 0.717) is 34.8 Å². The van der Waals surface area contributed by atoms with Gasteiger partial charge in [-0.05, 0) is 78.5 Å². The molecule has 3 aliphatic carbocycles. The Balaban J connectivity index is 1.41. The van der Waals surface area contributed by atoms with Crippen LogP contribution in [0.4, 0.5) is 0 Å². The summed E-state index contributed by atoms with van der Waals surface area (Å²) < 4.78 is 12.4. The molecule has 6 unspecified atom stereocenters. The number of esters is 2. The van der Waals surface area contributed by atoms with Gasteiger partial charge in [0, 0.05) is 5.92 Å². The molecule has 2 aromatic carbocycles. The summed E-state index contributed by atoms with van der Waals surface area (Å²) in [6.07, 6.45) is 3.71. The van der Waals surface area contributed by atoms with Crippen molar-refractivity contribution in [1.29, 1.82) is 0 Å². The smallest absolute Gasteiger partial charge is 0.338 e. The topological polar surface area (TPSA) is 52.6 Å². The van der Waals surface area contributed by atoms with Crippen molar-refractivity contribution in [2.75, 3.05) is 0 Å². The number of hydrogen-bond donors (Lipinski definition) is 0. The molecule has 3 saturated carbocycles. The lowest BCUT2D eigenvalue weighted by molar-refractivity contribution is -0.0418. The van der Waals surface area contributed by atoms with Crippen LogP contribution in [0.2, 0.25) is 0 Å². The van der Waals surface area contributed by atoms with E-state index in [1.54, 1.807) is 0 Å². The van der Waals surface area contributed by atoms with E-state index in [4.69, 9.17) is 9.47 Å². The largest absolute Gasteiger partial charge is 0.455 e. The standard InChI is InChI=1S/C30H36O4/c1-17(2)21-9-5-7-11-23(21)29(31)33-26-16-25-19-13-14-20(15-19)27(25)28(26)34-30(32)24-12-8-6-10-22(24)18(3)4/h5-12,17-20,25-28H,13-16H2,1-4H3. The highest BCUT2D eigenvalue weighted by molar-refractivity contribution is 5.92. The maximum atomic E-state index is 13.4. The minimum Gasteiger partial charge on any atom is -0.455 e. The van der Waals surface area contributed by atoms with E-state index in [2.05, 4.69) is 27.7 Å². The summed E-state index contributed by atoms with van der Waals surface area (Å²) in [5, 5.41) is 0. The average Bonchev–Trinajstić information content (AvgIpc) is 3.53. The van der Waals surface area contributed by atoms with Crippen LogP contribution in [0.15, 0.2) is 48.5 Å². The summed E-state index contributed by atoms with van der Waals surface area (Å²) in [4.78, 5) is 26.7. The van der Waals surface area contributed by atoms with Crippen LogP contribution in [0.1, 0.15) is 97.1 Å². The van der Waals surface area contributed by atoms with Crippen LogP contribution in [0.25, 0.3) is 0 Å². The van der Waals surface area contributed by atoms with Gasteiger partial charge >= 0.3 is 11.9 Å². The molecule has 34 heavy (non-hydrogen) atoms. The summed E-state index contributed by atoms with van der Waals surface area (Å²) in [5.74, 6) is 1.88. The van der Waals surface area contributed by atoms with Gasteiger partial charge in [-0.2, -0.15) is 0 Å². The average molecular weight is 461 g/mol. The van der Waals surface area contributed by atoms with E-state index in [1.165, 1.54) is 19.3 Å².